The maximum Gasteiger partial charge on any atom is 0.509 e. The van der Waals surface area contributed by atoms with Gasteiger partial charge >= 0.3 is 19.9 Å². The van der Waals surface area contributed by atoms with Crippen molar-refractivity contribution in [1.82, 2.24) is 24.6 Å². The summed E-state index contributed by atoms with van der Waals surface area (Å²) in [5.41, 5.74) is 6.63. The first kappa shape index (κ1) is 29.8. The number of aromatic nitrogens is 4. The van der Waals surface area contributed by atoms with Crippen molar-refractivity contribution in [3.8, 4) is 5.75 Å². The fraction of sp³-hybridized carbons (Fsp3) is 0.393. The second kappa shape index (κ2) is 11.7. The van der Waals surface area contributed by atoms with Gasteiger partial charge in [-0.15, -0.1) is 0 Å². The highest BCUT2D eigenvalue weighted by molar-refractivity contribution is 7.52. The molecule has 0 spiro atoms. The van der Waals surface area contributed by atoms with Crippen LogP contribution in [0, 0.1) is 0 Å². The quantitative estimate of drug-likeness (QED) is 0.191. The Morgan fingerprint density at radius 1 is 1.05 bits per heavy atom. The molecule has 16 heteroatoms. The summed E-state index contributed by atoms with van der Waals surface area (Å²) in [7, 11) is -4.35. The van der Waals surface area contributed by atoms with Gasteiger partial charge < -0.3 is 29.2 Å². The number of carbonyl (C=O) groups is 2. The molecule has 2 saturated heterocycles. The van der Waals surface area contributed by atoms with Gasteiger partial charge in [-0.1, -0.05) is 36.4 Å². The third-order valence-electron chi connectivity index (χ3n) is 7.14. The molecule has 3 N–H and O–H groups in total. The van der Waals surface area contributed by atoms with Crippen LogP contribution >= 0.6 is 7.75 Å². The van der Waals surface area contributed by atoms with Crippen LogP contribution < -0.4 is 15.3 Å². The van der Waals surface area contributed by atoms with Gasteiger partial charge in [-0.25, -0.2) is 24.3 Å². The molecule has 0 saturated carbocycles. The van der Waals surface area contributed by atoms with E-state index in [-0.39, 0.29) is 11.6 Å². The van der Waals surface area contributed by atoms with Crippen molar-refractivity contribution in [3.63, 3.8) is 0 Å². The maximum absolute atomic E-state index is 14.5. The van der Waals surface area contributed by atoms with Gasteiger partial charge in [0.2, 0.25) is 0 Å². The number of hydrogen-bond donors (Lipinski definition) is 2. The number of rotatable bonds is 10. The fourth-order valence-corrected chi connectivity index (χ4v) is 6.93. The zero-order valence-corrected chi connectivity index (χ0v) is 25.1. The third kappa shape index (κ3) is 5.66. The molecular weight excluding hydrogens is 595 g/mol. The Morgan fingerprint density at radius 2 is 1.80 bits per heavy atom. The highest BCUT2D eigenvalue weighted by Crippen LogP contribution is 2.50. The normalized spacial score (nSPS) is 24.0. The predicted molar refractivity (Wildman–Crippen MR) is 155 cm³/mol. The van der Waals surface area contributed by atoms with Gasteiger partial charge in [0.1, 0.15) is 29.7 Å². The summed E-state index contributed by atoms with van der Waals surface area (Å²) < 4.78 is 50.6. The van der Waals surface area contributed by atoms with Crippen molar-refractivity contribution in [3.05, 3.63) is 55.1 Å². The molecule has 7 atom stereocenters. The zero-order valence-electron chi connectivity index (χ0n) is 24.2. The molecular formula is C28H31N6O9P. The largest absolute Gasteiger partial charge is 0.509 e. The summed E-state index contributed by atoms with van der Waals surface area (Å²) in [5, 5.41) is 4.22. The lowest BCUT2D eigenvalue weighted by atomic mass is 10.1. The topological polar surface area (TPSA) is 188 Å². The lowest BCUT2D eigenvalue weighted by Gasteiger charge is -2.29. The number of carbonyl (C=O) groups excluding carboxylic acids is 2. The Balaban J connectivity index is 1.30. The lowest BCUT2D eigenvalue weighted by Crippen LogP contribution is -2.41. The van der Waals surface area contributed by atoms with E-state index in [0.29, 0.717) is 16.6 Å². The second-order valence-electron chi connectivity index (χ2n) is 10.7. The van der Waals surface area contributed by atoms with Crippen LogP contribution in [0.3, 0.4) is 0 Å². The van der Waals surface area contributed by atoms with Crippen LogP contribution in [0.4, 0.5) is 10.6 Å². The van der Waals surface area contributed by atoms with E-state index < -0.39 is 62.7 Å². The SMILES string of the molecule is CC(C)OC(=O)C(C)NP(=O)(Oc1cccc2ccccc12)OC(C)[C@H]1O[C@@H](n2cnc3c(N)ncnc32)[C@@H]2OC(=O)O[C@@H]21. The minimum atomic E-state index is -4.35. The highest BCUT2D eigenvalue weighted by Gasteiger charge is 2.58. The van der Waals surface area contributed by atoms with Crippen molar-refractivity contribution in [2.24, 2.45) is 0 Å². The van der Waals surface area contributed by atoms with Crippen molar-refractivity contribution < 1.29 is 42.1 Å². The number of esters is 1. The number of benzene rings is 2. The smallest absolute Gasteiger partial charge is 0.462 e. The number of nitrogen functional groups attached to an aromatic ring is 1. The molecule has 0 aliphatic carbocycles. The molecule has 0 bridgehead atoms. The van der Waals surface area contributed by atoms with Gasteiger partial charge in [-0.3, -0.25) is 13.9 Å². The third-order valence-corrected chi connectivity index (χ3v) is 8.89. The van der Waals surface area contributed by atoms with E-state index >= 15 is 0 Å². The fourth-order valence-electron chi connectivity index (χ4n) is 5.22. The van der Waals surface area contributed by atoms with Gasteiger partial charge in [0.25, 0.3) is 0 Å². The average molecular weight is 627 g/mol. The molecule has 6 rings (SSSR count). The van der Waals surface area contributed by atoms with E-state index in [9.17, 15) is 14.2 Å². The lowest BCUT2D eigenvalue weighted by molar-refractivity contribution is -0.149. The van der Waals surface area contributed by atoms with Crippen molar-refractivity contribution in [2.75, 3.05) is 5.73 Å². The Bertz CT molecular complexity index is 1760. The van der Waals surface area contributed by atoms with Crippen LogP contribution in [0.1, 0.15) is 33.9 Å². The van der Waals surface area contributed by atoms with E-state index in [4.69, 9.17) is 33.7 Å². The van der Waals surface area contributed by atoms with Crippen LogP contribution in [0.2, 0.25) is 0 Å². The summed E-state index contributed by atoms with van der Waals surface area (Å²) >= 11 is 0. The van der Waals surface area contributed by atoms with Gasteiger partial charge in [0.05, 0.1) is 18.5 Å². The van der Waals surface area contributed by atoms with E-state index in [1.54, 1.807) is 37.5 Å². The number of nitrogens with two attached hydrogens (primary N) is 1. The van der Waals surface area contributed by atoms with E-state index in [1.807, 2.05) is 30.3 Å². The van der Waals surface area contributed by atoms with Crippen LogP contribution in [0.25, 0.3) is 21.9 Å². The minimum Gasteiger partial charge on any atom is -0.462 e. The number of nitrogens with zero attached hydrogens (tertiary/aromatic N) is 4. The first-order valence-electron chi connectivity index (χ1n) is 13.9. The molecule has 0 amide bonds. The molecule has 0 radical (unpaired) electrons. The van der Waals surface area contributed by atoms with E-state index in [2.05, 4.69) is 20.0 Å². The predicted octanol–water partition coefficient (Wildman–Crippen LogP) is 3.89. The molecule has 15 nitrogen and oxygen atoms in total. The summed E-state index contributed by atoms with van der Waals surface area (Å²) in [6, 6.07) is 11.6. The molecule has 4 heterocycles. The van der Waals surface area contributed by atoms with Crippen LogP contribution in [0.15, 0.2) is 55.1 Å². The van der Waals surface area contributed by atoms with Crippen LogP contribution in [-0.2, 0) is 32.8 Å². The number of nitrogens with one attached hydrogen (secondary N) is 1. The summed E-state index contributed by atoms with van der Waals surface area (Å²) in [4.78, 5) is 37.4. The number of hydrogen-bond acceptors (Lipinski definition) is 13. The van der Waals surface area contributed by atoms with Gasteiger partial charge in [0, 0.05) is 5.39 Å². The Labute approximate surface area is 251 Å². The molecule has 4 aromatic rings. The van der Waals surface area contributed by atoms with Crippen LogP contribution in [-0.4, -0.2) is 68.2 Å². The average Bonchev–Trinajstić information content (AvgIpc) is 3.66. The van der Waals surface area contributed by atoms with Crippen molar-refractivity contribution in [1.29, 1.82) is 0 Å². The number of anilines is 1. The number of ether oxygens (including phenoxy) is 4. The van der Waals surface area contributed by atoms with Crippen LogP contribution in [0.5, 0.6) is 5.75 Å². The second-order valence-corrected chi connectivity index (χ2v) is 12.3. The molecule has 2 aliphatic heterocycles. The van der Waals surface area contributed by atoms with E-state index in [0.717, 1.165) is 5.39 Å². The van der Waals surface area contributed by atoms with Crippen molar-refractivity contribution in [2.45, 2.75) is 70.5 Å². The molecule has 2 aromatic carbocycles. The van der Waals surface area contributed by atoms with Crippen molar-refractivity contribution >= 4 is 47.6 Å². The summed E-state index contributed by atoms with van der Waals surface area (Å²) in [5.74, 6) is -0.225. The monoisotopic (exact) mass is 626 g/mol. The Hall–Kier alpha value is -4.30. The van der Waals surface area contributed by atoms with Gasteiger partial charge in [-0.2, -0.15) is 5.09 Å². The van der Waals surface area contributed by atoms with Gasteiger partial charge in [0.15, 0.2) is 29.9 Å². The molecule has 2 aromatic heterocycles. The zero-order chi connectivity index (χ0) is 31.2. The molecule has 44 heavy (non-hydrogen) atoms. The summed E-state index contributed by atoms with van der Waals surface area (Å²) in [6.07, 6.45) is -3.41. The molecule has 2 fully saturated rings. The summed E-state index contributed by atoms with van der Waals surface area (Å²) in [6.45, 7) is 6.48. The first-order chi connectivity index (χ1) is 21.0. The standard InChI is InChI=1S/C28H31N6O9P/c1-14(2)38-27(35)15(3)33-44(37,43-19-11-7-9-17-8-5-6-10-18(17)19)42-16(4)21-22-23(41-28(36)40-22)26(39-21)34-13-32-20-24(29)30-12-31-25(20)34/h5-16,21-23,26H,1-4H3,(H,33,37)(H2,29,30,31)/t15?,16?,21-,22-,23-,26-,44?/m1/s1. The maximum atomic E-state index is 14.5. The number of imidazole rings is 1. The Kier molecular flexibility index (Phi) is 7.88. The molecule has 232 valence electrons. The molecule has 2 aliphatic rings. The number of fused-ring (bicyclic) bond motifs is 3. The Morgan fingerprint density at radius 3 is 2.59 bits per heavy atom. The molecule has 3 unspecified atom stereocenters. The minimum absolute atomic E-state index is 0.166. The highest BCUT2D eigenvalue weighted by atomic mass is 31.2. The van der Waals surface area contributed by atoms with E-state index in [1.165, 1.54) is 19.6 Å². The van der Waals surface area contributed by atoms with Gasteiger partial charge in [-0.05, 0) is 39.1 Å². The first-order valence-corrected chi connectivity index (χ1v) is 15.5.